The highest BCUT2D eigenvalue weighted by molar-refractivity contribution is 6.39. The summed E-state index contributed by atoms with van der Waals surface area (Å²) in [5.74, 6) is -7.76. The lowest BCUT2D eigenvalue weighted by molar-refractivity contribution is -0.302. The van der Waals surface area contributed by atoms with Gasteiger partial charge in [0.15, 0.2) is 0 Å². The number of aliphatic hydroxyl groups excluding tert-OH is 2. The fourth-order valence-corrected chi connectivity index (χ4v) is 9.42. The average Bonchev–Trinajstić information content (AvgIpc) is 3.18. The van der Waals surface area contributed by atoms with Crippen LogP contribution in [0.4, 0.5) is 0 Å². The van der Waals surface area contributed by atoms with Crippen molar-refractivity contribution in [1.82, 2.24) is 4.90 Å². The predicted octanol–water partition coefficient (Wildman–Crippen LogP) is 4.64. The van der Waals surface area contributed by atoms with Crippen LogP contribution in [0.2, 0.25) is 0 Å². The van der Waals surface area contributed by atoms with E-state index in [-0.39, 0.29) is 49.5 Å². The number of fused-ring (bicyclic) bond motifs is 3. The molecule has 3 aliphatic heterocycles. The third kappa shape index (κ3) is 11.3. The maximum atomic E-state index is 14.3. The number of cyclic esters (lactones) is 1. The highest BCUT2D eigenvalue weighted by atomic mass is 16.7. The van der Waals surface area contributed by atoms with Gasteiger partial charge in [0.2, 0.25) is 5.79 Å². The molecular weight excluding hydrogens is 734 g/mol. The van der Waals surface area contributed by atoms with Gasteiger partial charge in [0.1, 0.15) is 24.0 Å². The number of amides is 1. The van der Waals surface area contributed by atoms with Crippen molar-refractivity contribution >= 4 is 23.4 Å². The van der Waals surface area contributed by atoms with Crippen LogP contribution in [0.15, 0.2) is 36.0 Å². The molecule has 1 unspecified atom stereocenters. The highest BCUT2D eigenvalue weighted by Gasteiger charge is 2.56. The van der Waals surface area contributed by atoms with Gasteiger partial charge in [-0.2, -0.15) is 0 Å². The molecule has 2 saturated heterocycles. The molecule has 4 aliphatic rings. The van der Waals surface area contributed by atoms with Gasteiger partial charge >= 0.3 is 5.97 Å². The number of hydrogen-bond donors (Lipinski definition) is 3. The summed E-state index contributed by atoms with van der Waals surface area (Å²) in [5.41, 5.74) is 1.61. The van der Waals surface area contributed by atoms with E-state index in [0.717, 1.165) is 5.57 Å². The number of esters is 1. The molecule has 0 spiro atoms. The third-order valence-corrected chi connectivity index (χ3v) is 12.9. The Hall–Kier alpha value is -2.78. The number of piperidine rings is 1. The van der Waals surface area contributed by atoms with Gasteiger partial charge in [0, 0.05) is 52.0 Å². The van der Waals surface area contributed by atoms with E-state index in [2.05, 4.69) is 6.58 Å². The Bertz CT molecular complexity index is 1480. The first-order chi connectivity index (χ1) is 27.0. The van der Waals surface area contributed by atoms with Crippen LogP contribution >= 0.6 is 0 Å². The van der Waals surface area contributed by atoms with Gasteiger partial charge in [-0.05, 0) is 95.5 Å². The molecule has 2 bridgehead atoms. The van der Waals surface area contributed by atoms with Crippen LogP contribution in [-0.2, 0) is 42.9 Å². The molecule has 4 rings (SSSR count). The molecule has 57 heavy (non-hydrogen) atoms. The smallest absolute Gasteiger partial charge is 0.329 e. The zero-order valence-electron chi connectivity index (χ0n) is 35.4. The number of ketones is 2. The molecule has 1 amide bonds. The highest BCUT2D eigenvalue weighted by Crippen LogP contribution is 2.39. The topological polar surface area (TPSA) is 178 Å². The maximum absolute atomic E-state index is 14.3. The quantitative estimate of drug-likeness (QED) is 0.185. The largest absolute Gasteiger partial charge is 0.456 e. The van der Waals surface area contributed by atoms with Crippen molar-refractivity contribution in [3.05, 3.63) is 36.0 Å². The van der Waals surface area contributed by atoms with Gasteiger partial charge in [-0.15, -0.1) is 6.58 Å². The van der Waals surface area contributed by atoms with E-state index in [1.54, 1.807) is 27.0 Å². The van der Waals surface area contributed by atoms with Crippen molar-refractivity contribution < 1.29 is 58.2 Å². The number of Topliss-reactive ketones (excluding diaryl/α,β-unsaturated/α-hetero) is 2. The van der Waals surface area contributed by atoms with E-state index in [0.29, 0.717) is 56.9 Å². The first kappa shape index (κ1) is 46.9. The molecule has 1 aliphatic carbocycles. The van der Waals surface area contributed by atoms with Crippen molar-refractivity contribution in [3.63, 3.8) is 0 Å². The van der Waals surface area contributed by atoms with Crippen LogP contribution in [0.25, 0.3) is 0 Å². The first-order valence-corrected chi connectivity index (χ1v) is 20.9. The number of nitrogens with zero attached hydrogens (tertiary/aromatic N) is 1. The molecule has 0 aromatic rings. The van der Waals surface area contributed by atoms with Gasteiger partial charge in [-0.3, -0.25) is 14.4 Å². The van der Waals surface area contributed by atoms with E-state index in [4.69, 9.17) is 23.7 Å². The number of rotatable bonds is 7. The Morgan fingerprint density at radius 2 is 1.60 bits per heavy atom. The first-order valence-electron chi connectivity index (χ1n) is 20.9. The monoisotopic (exact) mass is 803 g/mol. The Morgan fingerprint density at radius 1 is 0.930 bits per heavy atom. The summed E-state index contributed by atoms with van der Waals surface area (Å²) in [4.78, 5) is 57.8. The third-order valence-electron chi connectivity index (χ3n) is 12.9. The molecule has 3 fully saturated rings. The van der Waals surface area contributed by atoms with Crippen molar-refractivity contribution in [2.75, 3.05) is 27.9 Å². The number of aliphatic hydroxyl groups is 3. The van der Waals surface area contributed by atoms with E-state index in [9.17, 15) is 34.5 Å². The molecule has 0 aromatic carbocycles. The number of allylic oxidation sites excluding steroid dienone is 4. The fourth-order valence-electron chi connectivity index (χ4n) is 9.42. The summed E-state index contributed by atoms with van der Waals surface area (Å²) in [6.07, 6.45) is 4.93. The average molecular weight is 804 g/mol. The molecule has 13 heteroatoms. The molecule has 3 heterocycles. The normalized spacial score (nSPS) is 41.0. The summed E-state index contributed by atoms with van der Waals surface area (Å²) in [7, 11) is 4.61. The molecule has 0 radical (unpaired) electrons. The van der Waals surface area contributed by atoms with Crippen LogP contribution in [0.1, 0.15) is 105 Å². The van der Waals surface area contributed by atoms with Gasteiger partial charge in [0.25, 0.3) is 11.7 Å². The van der Waals surface area contributed by atoms with Crippen molar-refractivity contribution in [2.24, 2.45) is 29.6 Å². The SMILES string of the molecule is C=CC[C@@H]1/C=C(\C)C[C@H](C)C[C@H](OC)[C@H]2O[C@@](O)(C(=O)C(=O)N3CCCC[C@H]3C(=O)O[C@H](/C(C)=C\C3CC[C@@H](O)[C@H](OC)C3)[C@H](C)[C@@H](O)CC1=O)[C@H](C)C[C@@H]2OC. The lowest BCUT2D eigenvalue weighted by atomic mass is 9.81. The Labute approximate surface area is 339 Å². The number of carbonyl (C=O) groups excluding carboxylic acids is 4. The van der Waals surface area contributed by atoms with Crippen LogP contribution in [0.5, 0.6) is 0 Å². The maximum Gasteiger partial charge on any atom is 0.329 e. The minimum absolute atomic E-state index is 0.00988. The Balaban J connectivity index is 1.78. The van der Waals surface area contributed by atoms with Crippen molar-refractivity contribution in [3.8, 4) is 0 Å². The fraction of sp³-hybridized carbons (Fsp3) is 0.773. The second-order valence-electron chi connectivity index (χ2n) is 17.3. The van der Waals surface area contributed by atoms with Crippen LogP contribution in [0, 0.1) is 29.6 Å². The minimum atomic E-state index is -2.51. The number of hydrogen-bond acceptors (Lipinski definition) is 12. The van der Waals surface area contributed by atoms with Gasteiger partial charge in [-0.25, -0.2) is 4.79 Å². The minimum Gasteiger partial charge on any atom is -0.456 e. The zero-order valence-corrected chi connectivity index (χ0v) is 35.4. The molecule has 14 atom stereocenters. The summed E-state index contributed by atoms with van der Waals surface area (Å²) >= 11 is 0. The summed E-state index contributed by atoms with van der Waals surface area (Å²) in [6.45, 7) is 13.1. The molecular formula is C44H69NO12. The molecule has 13 nitrogen and oxygen atoms in total. The molecule has 3 N–H and O–H groups in total. The second-order valence-corrected chi connectivity index (χ2v) is 17.3. The Kier molecular flexibility index (Phi) is 17.2. The number of ether oxygens (including phenoxy) is 5. The van der Waals surface area contributed by atoms with Gasteiger partial charge in [0.05, 0.1) is 30.5 Å². The van der Waals surface area contributed by atoms with Crippen molar-refractivity contribution in [2.45, 2.75) is 160 Å². The number of carbonyl (C=O) groups is 4. The zero-order chi connectivity index (χ0) is 42.2. The van der Waals surface area contributed by atoms with E-state index >= 15 is 0 Å². The lowest BCUT2D eigenvalue weighted by Gasteiger charge is -2.47. The summed E-state index contributed by atoms with van der Waals surface area (Å²) in [6, 6.07) is -1.14. The van der Waals surface area contributed by atoms with E-state index in [1.807, 2.05) is 32.9 Å². The van der Waals surface area contributed by atoms with Gasteiger partial charge < -0.3 is 43.9 Å². The van der Waals surface area contributed by atoms with Crippen LogP contribution < -0.4 is 0 Å². The molecule has 322 valence electrons. The molecule has 0 aromatic heterocycles. The predicted molar refractivity (Wildman–Crippen MR) is 213 cm³/mol. The molecule has 1 saturated carbocycles. The van der Waals surface area contributed by atoms with E-state index < -0.39 is 83.9 Å². The van der Waals surface area contributed by atoms with Crippen LogP contribution in [0.3, 0.4) is 0 Å². The van der Waals surface area contributed by atoms with E-state index in [1.165, 1.54) is 19.1 Å². The standard InChI is InChI=1S/C44H69NO12/c1-10-13-31-19-25(2)18-26(3)20-37(54-8)40-38(55-9)22-28(5)44(52,57-40)41(49)42(50)45-17-12-11-14-32(45)43(51)56-39(29(6)34(47)24-35(31)48)27(4)21-30-15-16-33(46)36(23-30)53-7/h10,19,21,26,28-34,36-40,46-47,52H,1,11-18,20,22-24H2,2-9H3/b25-19+,27-21-/t26-,28+,29+,30?,31+,32-,33+,34-,36+,37-,38-,39+,40+,44+/m0/s1. The second kappa shape index (κ2) is 21.0. The summed E-state index contributed by atoms with van der Waals surface area (Å²) in [5, 5.41) is 34.1. The lowest BCUT2D eigenvalue weighted by Crippen LogP contribution is -2.64. The summed E-state index contributed by atoms with van der Waals surface area (Å²) < 4.78 is 29.7. The Morgan fingerprint density at radius 3 is 2.25 bits per heavy atom. The van der Waals surface area contributed by atoms with Crippen LogP contribution in [-0.4, -0.2) is 126 Å². The van der Waals surface area contributed by atoms with Gasteiger partial charge in [-0.1, -0.05) is 44.6 Å². The number of methoxy groups -OCH3 is 3. The van der Waals surface area contributed by atoms with Crippen molar-refractivity contribution in [1.29, 1.82) is 0 Å².